The smallest absolute Gasteiger partial charge is 0.145 e. The minimum absolute atomic E-state index is 0.100. The van der Waals surface area contributed by atoms with Crippen molar-refractivity contribution in [1.29, 1.82) is 0 Å². The Labute approximate surface area is 87.4 Å². The Morgan fingerprint density at radius 3 is 2.86 bits per heavy atom. The van der Waals surface area contributed by atoms with E-state index in [0.717, 1.165) is 11.4 Å². The van der Waals surface area contributed by atoms with Crippen molar-refractivity contribution in [1.82, 2.24) is 4.37 Å². The summed E-state index contributed by atoms with van der Waals surface area (Å²) < 4.78 is 4.34. The summed E-state index contributed by atoms with van der Waals surface area (Å²) in [4.78, 5) is 5.28. The molecule has 0 amide bonds. The highest BCUT2D eigenvalue weighted by Crippen LogP contribution is 2.38. The topological polar surface area (TPSA) is 63.3 Å². The maximum absolute atomic E-state index is 5.81. The Balaban J connectivity index is 2.49. The van der Waals surface area contributed by atoms with Crippen LogP contribution in [-0.2, 0) is 5.41 Å². The summed E-state index contributed by atoms with van der Waals surface area (Å²) in [5, 5.41) is 3.12. The van der Waals surface area contributed by atoms with E-state index >= 15 is 0 Å². The first kappa shape index (κ1) is 9.61. The van der Waals surface area contributed by atoms with Crippen molar-refractivity contribution in [2.75, 3.05) is 5.32 Å². The van der Waals surface area contributed by atoms with Crippen LogP contribution in [0.1, 0.15) is 37.5 Å². The maximum atomic E-state index is 5.81. The van der Waals surface area contributed by atoms with E-state index in [4.69, 9.17) is 5.73 Å². The fourth-order valence-corrected chi connectivity index (χ4v) is 2.33. The zero-order valence-electron chi connectivity index (χ0n) is 8.53. The molecule has 1 atom stereocenters. The molecule has 3 N–H and O–H groups in total. The standard InChI is InChI=1S/C9H14N4S/c1-9(2,3)7-5-6(13-14-7)8(10)12-4-11-5/h4,8H,10H2,1-3H3,(H,11,12). The first-order chi connectivity index (χ1) is 6.50. The van der Waals surface area contributed by atoms with Gasteiger partial charge in [0.25, 0.3) is 0 Å². The van der Waals surface area contributed by atoms with Gasteiger partial charge < -0.3 is 11.1 Å². The third kappa shape index (κ3) is 1.42. The summed E-state index contributed by atoms with van der Waals surface area (Å²) in [7, 11) is 0. The van der Waals surface area contributed by atoms with Gasteiger partial charge in [-0.25, -0.2) is 0 Å². The molecule has 1 aliphatic rings. The Hall–Kier alpha value is -0.940. The molecule has 1 aromatic rings. The van der Waals surface area contributed by atoms with Crippen LogP contribution in [0.25, 0.3) is 0 Å². The SMILES string of the molecule is CC(C)(C)c1snc2c1NC=NC2N. The largest absolute Gasteiger partial charge is 0.344 e. The lowest BCUT2D eigenvalue weighted by atomic mass is 9.92. The van der Waals surface area contributed by atoms with Crippen LogP contribution in [0.5, 0.6) is 0 Å². The van der Waals surface area contributed by atoms with E-state index in [2.05, 4.69) is 35.5 Å². The number of nitrogens with two attached hydrogens (primary N) is 1. The number of aliphatic imine (C=N–C) groups is 1. The van der Waals surface area contributed by atoms with E-state index in [0.29, 0.717) is 0 Å². The van der Waals surface area contributed by atoms with Gasteiger partial charge in [0.15, 0.2) is 0 Å². The minimum atomic E-state index is -0.307. The molecule has 1 aliphatic heterocycles. The highest BCUT2D eigenvalue weighted by atomic mass is 32.1. The number of fused-ring (bicyclic) bond motifs is 1. The lowest BCUT2D eigenvalue weighted by Crippen LogP contribution is -2.19. The normalized spacial score (nSPS) is 20.4. The van der Waals surface area contributed by atoms with Crippen LogP contribution in [0.15, 0.2) is 4.99 Å². The highest BCUT2D eigenvalue weighted by molar-refractivity contribution is 7.06. The molecule has 0 bridgehead atoms. The molecule has 0 radical (unpaired) electrons. The van der Waals surface area contributed by atoms with Crippen molar-refractivity contribution in [2.45, 2.75) is 32.4 Å². The summed E-state index contributed by atoms with van der Waals surface area (Å²) in [5.41, 5.74) is 7.82. The van der Waals surface area contributed by atoms with Gasteiger partial charge in [0.05, 0.1) is 16.9 Å². The molecule has 2 heterocycles. The van der Waals surface area contributed by atoms with E-state index in [1.165, 1.54) is 16.4 Å². The highest BCUT2D eigenvalue weighted by Gasteiger charge is 2.27. The summed E-state index contributed by atoms with van der Waals surface area (Å²) in [5.74, 6) is 0. The molecule has 0 aliphatic carbocycles. The second-order valence-electron chi connectivity index (χ2n) is 4.39. The van der Waals surface area contributed by atoms with Gasteiger partial charge in [-0.2, -0.15) is 4.37 Å². The molecule has 5 heteroatoms. The van der Waals surface area contributed by atoms with Gasteiger partial charge in [0.2, 0.25) is 0 Å². The zero-order valence-corrected chi connectivity index (χ0v) is 9.35. The van der Waals surface area contributed by atoms with Gasteiger partial charge >= 0.3 is 0 Å². The molecule has 1 unspecified atom stereocenters. The van der Waals surface area contributed by atoms with Crippen molar-refractivity contribution in [2.24, 2.45) is 10.7 Å². The number of aromatic nitrogens is 1. The van der Waals surface area contributed by atoms with Crippen molar-refractivity contribution in [3.8, 4) is 0 Å². The van der Waals surface area contributed by atoms with Crippen molar-refractivity contribution >= 4 is 23.6 Å². The van der Waals surface area contributed by atoms with E-state index in [9.17, 15) is 0 Å². The summed E-state index contributed by atoms with van der Waals surface area (Å²) >= 11 is 1.50. The van der Waals surface area contributed by atoms with Gasteiger partial charge in [0, 0.05) is 0 Å². The van der Waals surface area contributed by atoms with Gasteiger partial charge in [-0.15, -0.1) is 0 Å². The van der Waals surface area contributed by atoms with Crippen molar-refractivity contribution < 1.29 is 0 Å². The Morgan fingerprint density at radius 1 is 1.50 bits per heavy atom. The quantitative estimate of drug-likeness (QED) is 0.687. The van der Waals surface area contributed by atoms with Crippen LogP contribution in [-0.4, -0.2) is 10.7 Å². The van der Waals surface area contributed by atoms with Crippen LogP contribution in [0, 0.1) is 0 Å². The molecule has 0 aromatic carbocycles. The summed E-state index contributed by atoms with van der Waals surface area (Å²) in [6.45, 7) is 6.50. The van der Waals surface area contributed by atoms with Crippen molar-refractivity contribution in [3.63, 3.8) is 0 Å². The van der Waals surface area contributed by atoms with E-state index in [1.807, 2.05) is 0 Å². The summed E-state index contributed by atoms with van der Waals surface area (Å²) in [6, 6.07) is 0. The predicted octanol–water partition coefficient (Wildman–Crippen LogP) is 1.85. The fraction of sp³-hybridized carbons (Fsp3) is 0.556. The Bertz CT molecular complexity index is 375. The predicted molar refractivity (Wildman–Crippen MR) is 59.9 cm³/mol. The van der Waals surface area contributed by atoms with E-state index in [1.54, 1.807) is 6.34 Å². The molecule has 1 aromatic heterocycles. The number of nitrogens with zero attached hydrogens (tertiary/aromatic N) is 2. The number of anilines is 1. The van der Waals surface area contributed by atoms with Crippen LogP contribution in [0.3, 0.4) is 0 Å². The molecule has 0 spiro atoms. The number of hydrogen-bond donors (Lipinski definition) is 2. The second-order valence-corrected chi connectivity index (χ2v) is 5.16. The third-order valence-corrected chi connectivity index (χ3v) is 3.41. The van der Waals surface area contributed by atoms with Crippen LogP contribution >= 0.6 is 11.5 Å². The molecular weight excluding hydrogens is 196 g/mol. The lowest BCUT2D eigenvalue weighted by Gasteiger charge is -2.20. The second kappa shape index (κ2) is 3.03. The van der Waals surface area contributed by atoms with Crippen LogP contribution in [0.4, 0.5) is 5.69 Å². The average molecular weight is 210 g/mol. The van der Waals surface area contributed by atoms with Gasteiger partial charge in [0.1, 0.15) is 11.9 Å². The zero-order chi connectivity index (χ0) is 10.3. The Kier molecular flexibility index (Phi) is 2.08. The number of rotatable bonds is 0. The molecule has 0 fully saturated rings. The molecule has 0 saturated heterocycles. The Morgan fingerprint density at radius 2 is 2.21 bits per heavy atom. The average Bonchev–Trinajstić information content (AvgIpc) is 2.47. The molecule has 4 nitrogen and oxygen atoms in total. The van der Waals surface area contributed by atoms with Gasteiger partial charge in [-0.3, -0.25) is 4.99 Å². The molecule has 0 saturated carbocycles. The van der Waals surface area contributed by atoms with Crippen molar-refractivity contribution in [3.05, 3.63) is 10.6 Å². The van der Waals surface area contributed by atoms with E-state index in [-0.39, 0.29) is 11.6 Å². The number of hydrogen-bond acceptors (Lipinski definition) is 5. The first-order valence-corrected chi connectivity index (χ1v) is 5.31. The van der Waals surface area contributed by atoms with E-state index < -0.39 is 0 Å². The molecular formula is C9H14N4S. The fourth-order valence-electron chi connectivity index (χ4n) is 1.41. The third-order valence-electron chi connectivity index (χ3n) is 2.12. The molecule has 14 heavy (non-hydrogen) atoms. The monoisotopic (exact) mass is 210 g/mol. The molecule has 76 valence electrons. The number of nitrogens with one attached hydrogen (secondary N) is 1. The first-order valence-electron chi connectivity index (χ1n) is 4.54. The summed E-state index contributed by atoms with van der Waals surface area (Å²) in [6.07, 6.45) is 1.34. The maximum Gasteiger partial charge on any atom is 0.145 e. The lowest BCUT2D eigenvalue weighted by molar-refractivity contribution is 0.604. The van der Waals surface area contributed by atoms with Crippen LogP contribution in [0.2, 0.25) is 0 Å². The minimum Gasteiger partial charge on any atom is -0.344 e. The molecule has 2 rings (SSSR count). The van der Waals surface area contributed by atoms with Gasteiger partial charge in [-0.05, 0) is 16.9 Å². The van der Waals surface area contributed by atoms with Gasteiger partial charge in [-0.1, -0.05) is 20.8 Å². The van der Waals surface area contributed by atoms with Crippen LogP contribution < -0.4 is 11.1 Å².